The lowest BCUT2D eigenvalue weighted by atomic mass is 10.4. The summed E-state index contributed by atoms with van der Waals surface area (Å²) in [4.78, 5) is 16.6. The number of halogens is 1. The molecule has 14 heavy (non-hydrogen) atoms. The third kappa shape index (κ3) is 2.96. The standard InChI is InChI=1S/C9H13ClN2OS/c1-5(10)9(13)11-4-8-12-6(2)7(3)14-8/h5H,4H2,1-3H3,(H,11,13). The van der Waals surface area contributed by atoms with Gasteiger partial charge in [-0.05, 0) is 20.8 Å². The van der Waals surface area contributed by atoms with Gasteiger partial charge in [0.2, 0.25) is 5.91 Å². The lowest BCUT2D eigenvalue weighted by molar-refractivity contribution is -0.120. The molecule has 1 unspecified atom stereocenters. The maximum atomic E-state index is 11.1. The van der Waals surface area contributed by atoms with Crippen molar-refractivity contribution in [3.8, 4) is 0 Å². The number of nitrogens with one attached hydrogen (secondary N) is 1. The van der Waals surface area contributed by atoms with E-state index >= 15 is 0 Å². The highest BCUT2D eigenvalue weighted by atomic mass is 35.5. The number of carbonyl (C=O) groups is 1. The maximum Gasteiger partial charge on any atom is 0.238 e. The number of aryl methyl sites for hydroxylation is 2. The summed E-state index contributed by atoms with van der Waals surface area (Å²) in [6.07, 6.45) is 0. The van der Waals surface area contributed by atoms with E-state index in [9.17, 15) is 4.79 Å². The van der Waals surface area contributed by atoms with E-state index in [4.69, 9.17) is 11.6 Å². The number of alkyl halides is 1. The number of amides is 1. The summed E-state index contributed by atoms with van der Waals surface area (Å²) >= 11 is 7.20. The van der Waals surface area contributed by atoms with Crippen molar-refractivity contribution in [1.29, 1.82) is 0 Å². The van der Waals surface area contributed by atoms with Gasteiger partial charge in [0.25, 0.3) is 0 Å². The molecule has 0 aliphatic rings. The van der Waals surface area contributed by atoms with Gasteiger partial charge in [0, 0.05) is 4.88 Å². The van der Waals surface area contributed by atoms with Gasteiger partial charge in [-0.1, -0.05) is 0 Å². The van der Waals surface area contributed by atoms with E-state index in [1.807, 2.05) is 13.8 Å². The molecule has 0 aromatic carbocycles. The van der Waals surface area contributed by atoms with Crippen LogP contribution in [0.25, 0.3) is 0 Å². The van der Waals surface area contributed by atoms with Crippen LogP contribution in [0.3, 0.4) is 0 Å². The van der Waals surface area contributed by atoms with Gasteiger partial charge in [0.05, 0.1) is 12.2 Å². The molecule has 0 fully saturated rings. The molecule has 78 valence electrons. The number of rotatable bonds is 3. The lowest BCUT2D eigenvalue weighted by Crippen LogP contribution is -2.28. The largest absolute Gasteiger partial charge is 0.348 e. The number of hydrogen-bond acceptors (Lipinski definition) is 3. The Labute approximate surface area is 92.5 Å². The van der Waals surface area contributed by atoms with Gasteiger partial charge in [0.15, 0.2) is 0 Å². The second kappa shape index (κ2) is 4.75. The van der Waals surface area contributed by atoms with Crippen molar-refractivity contribution in [3.05, 3.63) is 15.6 Å². The Kier molecular flexibility index (Phi) is 3.89. The Balaban J connectivity index is 2.50. The zero-order valence-corrected chi connectivity index (χ0v) is 10.00. The summed E-state index contributed by atoms with van der Waals surface area (Å²) in [5.74, 6) is -0.155. The summed E-state index contributed by atoms with van der Waals surface area (Å²) in [6, 6.07) is 0. The lowest BCUT2D eigenvalue weighted by Gasteiger charge is -2.03. The smallest absolute Gasteiger partial charge is 0.238 e. The molecule has 0 aliphatic carbocycles. The van der Waals surface area contributed by atoms with Crippen molar-refractivity contribution >= 4 is 28.8 Å². The Morgan fingerprint density at radius 1 is 1.64 bits per heavy atom. The number of nitrogens with zero attached hydrogens (tertiary/aromatic N) is 1. The monoisotopic (exact) mass is 232 g/mol. The average molecular weight is 233 g/mol. The summed E-state index contributed by atoms with van der Waals surface area (Å²) in [7, 11) is 0. The molecule has 1 aromatic rings. The average Bonchev–Trinajstić information content (AvgIpc) is 2.42. The predicted octanol–water partition coefficient (Wildman–Crippen LogP) is 2.00. The number of hydrogen-bond donors (Lipinski definition) is 1. The fourth-order valence-electron chi connectivity index (χ4n) is 0.918. The first-order valence-corrected chi connectivity index (χ1v) is 5.60. The van der Waals surface area contributed by atoms with Crippen LogP contribution in [-0.2, 0) is 11.3 Å². The number of thiazole rings is 1. The fraction of sp³-hybridized carbons (Fsp3) is 0.556. The molecular formula is C9H13ClN2OS. The Morgan fingerprint density at radius 3 is 2.71 bits per heavy atom. The van der Waals surface area contributed by atoms with Gasteiger partial charge in [0.1, 0.15) is 10.4 Å². The third-order valence-electron chi connectivity index (χ3n) is 1.85. The first-order valence-electron chi connectivity index (χ1n) is 4.35. The Morgan fingerprint density at radius 2 is 2.29 bits per heavy atom. The van der Waals surface area contributed by atoms with Crippen LogP contribution in [-0.4, -0.2) is 16.3 Å². The zero-order chi connectivity index (χ0) is 10.7. The van der Waals surface area contributed by atoms with E-state index in [1.165, 1.54) is 4.88 Å². The van der Waals surface area contributed by atoms with Crippen molar-refractivity contribution in [3.63, 3.8) is 0 Å². The van der Waals surface area contributed by atoms with Gasteiger partial charge in [-0.15, -0.1) is 22.9 Å². The van der Waals surface area contributed by atoms with E-state index in [2.05, 4.69) is 10.3 Å². The summed E-state index contributed by atoms with van der Waals surface area (Å²) in [5.41, 5.74) is 1.03. The Hall–Kier alpha value is -0.610. The molecule has 1 rings (SSSR count). The molecule has 1 aromatic heterocycles. The van der Waals surface area contributed by atoms with E-state index in [-0.39, 0.29) is 5.91 Å². The molecule has 1 amide bonds. The van der Waals surface area contributed by atoms with Gasteiger partial charge >= 0.3 is 0 Å². The number of carbonyl (C=O) groups excluding carboxylic acids is 1. The van der Waals surface area contributed by atoms with Gasteiger partial charge in [-0.25, -0.2) is 4.98 Å². The normalized spacial score (nSPS) is 12.6. The molecule has 3 nitrogen and oxygen atoms in total. The topological polar surface area (TPSA) is 42.0 Å². The third-order valence-corrected chi connectivity index (χ3v) is 3.12. The highest BCUT2D eigenvalue weighted by Crippen LogP contribution is 2.15. The highest BCUT2D eigenvalue weighted by Gasteiger charge is 2.09. The van der Waals surface area contributed by atoms with E-state index in [1.54, 1.807) is 18.3 Å². The summed E-state index contributed by atoms with van der Waals surface area (Å²) in [5, 5.41) is 3.15. The van der Waals surface area contributed by atoms with Crippen molar-refractivity contribution in [2.75, 3.05) is 0 Å². The highest BCUT2D eigenvalue weighted by molar-refractivity contribution is 7.11. The van der Waals surface area contributed by atoms with E-state index in [0.29, 0.717) is 6.54 Å². The van der Waals surface area contributed by atoms with E-state index in [0.717, 1.165) is 10.7 Å². The van der Waals surface area contributed by atoms with Crippen molar-refractivity contribution in [2.45, 2.75) is 32.7 Å². The van der Waals surface area contributed by atoms with Gasteiger partial charge in [-0.3, -0.25) is 4.79 Å². The van der Waals surface area contributed by atoms with Crippen molar-refractivity contribution in [2.24, 2.45) is 0 Å². The molecule has 5 heteroatoms. The van der Waals surface area contributed by atoms with Crippen molar-refractivity contribution < 1.29 is 4.79 Å². The summed E-state index contributed by atoms with van der Waals surface area (Å²) in [6.45, 7) is 6.09. The van der Waals surface area contributed by atoms with Gasteiger partial charge < -0.3 is 5.32 Å². The molecule has 0 bridgehead atoms. The second-order valence-electron chi connectivity index (χ2n) is 3.08. The minimum atomic E-state index is -0.489. The molecular weight excluding hydrogens is 220 g/mol. The minimum absolute atomic E-state index is 0.155. The molecule has 1 N–H and O–H groups in total. The van der Waals surface area contributed by atoms with Crippen LogP contribution in [0.2, 0.25) is 0 Å². The molecule has 0 saturated heterocycles. The molecule has 0 spiro atoms. The van der Waals surface area contributed by atoms with Crippen LogP contribution in [0.15, 0.2) is 0 Å². The van der Waals surface area contributed by atoms with E-state index < -0.39 is 5.38 Å². The molecule has 0 radical (unpaired) electrons. The fourth-order valence-corrected chi connectivity index (χ4v) is 1.87. The van der Waals surface area contributed by atoms with Gasteiger partial charge in [-0.2, -0.15) is 0 Å². The number of aromatic nitrogens is 1. The molecule has 0 aliphatic heterocycles. The predicted molar refractivity (Wildman–Crippen MR) is 58.7 cm³/mol. The summed E-state index contributed by atoms with van der Waals surface area (Å²) < 4.78 is 0. The Bertz CT molecular complexity index is 316. The zero-order valence-electron chi connectivity index (χ0n) is 8.43. The van der Waals surface area contributed by atoms with Crippen LogP contribution >= 0.6 is 22.9 Å². The van der Waals surface area contributed by atoms with Crippen LogP contribution < -0.4 is 5.32 Å². The molecule has 0 saturated carbocycles. The SMILES string of the molecule is Cc1nc(CNC(=O)C(C)Cl)sc1C. The molecule has 1 atom stereocenters. The quantitative estimate of drug-likeness (QED) is 0.811. The molecule has 1 heterocycles. The van der Waals surface area contributed by atoms with Crippen molar-refractivity contribution in [1.82, 2.24) is 10.3 Å². The van der Waals surface area contributed by atoms with Crippen LogP contribution in [0.1, 0.15) is 22.5 Å². The van der Waals surface area contributed by atoms with Crippen LogP contribution in [0, 0.1) is 13.8 Å². The second-order valence-corrected chi connectivity index (χ2v) is 5.03. The maximum absolute atomic E-state index is 11.1. The minimum Gasteiger partial charge on any atom is -0.348 e. The first-order chi connectivity index (χ1) is 6.50. The van der Waals surface area contributed by atoms with Crippen LogP contribution in [0.4, 0.5) is 0 Å². The van der Waals surface area contributed by atoms with Crippen LogP contribution in [0.5, 0.6) is 0 Å². The first kappa shape index (κ1) is 11.5.